The zero-order valence-corrected chi connectivity index (χ0v) is 28.8. The average Bonchev–Trinajstić information content (AvgIpc) is 3.63. The van der Waals surface area contributed by atoms with Crippen molar-refractivity contribution in [3.8, 4) is 33.4 Å². The van der Waals surface area contributed by atoms with Crippen molar-refractivity contribution < 1.29 is 4.42 Å². The molecule has 2 heterocycles. The molecule has 0 radical (unpaired) electrons. The summed E-state index contributed by atoms with van der Waals surface area (Å²) in [6.45, 7) is 0. The van der Waals surface area contributed by atoms with E-state index >= 15 is 0 Å². The van der Waals surface area contributed by atoms with Crippen LogP contribution in [-0.2, 0) is 0 Å². The highest BCUT2D eigenvalue weighted by atomic mass is 16.3. The summed E-state index contributed by atoms with van der Waals surface area (Å²) in [5.41, 5.74) is 11.6. The molecule has 1 aliphatic heterocycles. The van der Waals surface area contributed by atoms with Gasteiger partial charge in [0, 0.05) is 27.5 Å². The molecule has 10 rings (SSSR count). The lowest BCUT2D eigenvalue weighted by molar-refractivity contribution is 0.667. The number of nitrogens with zero attached hydrogens (tertiary/aromatic N) is 2. The third-order valence-electron chi connectivity index (χ3n) is 10.2. The number of amidine groups is 2. The summed E-state index contributed by atoms with van der Waals surface area (Å²) in [5.74, 6) is 1.54. The minimum atomic E-state index is -0.567. The second-order valence-electron chi connectivity index (χ2n) is 13.3. The van der Waals surface area contributed by atoms with Crippen molar-refractivity contribution in [2.45, 2.75) is 6.17 Å². The molecule has 0 bridgehead atoms. The summed E-state index contributed by atoms with van der Waals surface area (Å²) in [7, 11) is 0. The topological polar surface area (TPSA) is 49.9 Å². The molecule has 1 atom stereocenters. The van der Waals surface area contributed by atoms with Gasteiger partial charge in [-0.3, -0.25) is 0 Å². The number of hydrogen-bond donors (Lipinski definition) is 1. The van der Waals surface area contributed by atoms with Crippen LogP contribution in [0.5, 0.6) is 0 Å². The number of benzene rings is 8. The molecular weight excluding hydrogens is 647 g/mol. The Bertz CT molecular complexity index is 2840. The molecule has 53 heavy (non-hydrogen) atoms. The van der Waals surface area contributed by atoms with E-state index in [1.54, 1.807) is 0 Å². The molecule has 0 saturated heterocycles. The van der Waals surface area contributed by atoms with Crippen LogP contribution < -0.4 is 5.32 Å². The first-order valence-electron chi connectivity index (χ1n) is 17.9. The van der Waals surface area contributed by atoms with Gasteiger partial charge in [-0.1, -0.05) is 176 Å². The van der Waals surface area contributed by atoms with Crippen molar-refractivity contribution in [1.82, 2.24) is 5.32 Å². The van der Waals surface area contributed by atoms with E-state index in [1.165, 1.54) is 27.5 Å². The number of hydrogen-bond acceptors (Lipinski definition) is 4. The van der Waals surface area contributed by atoms with Crippen LogP contribution in [0.2, 0.25) is 0 Å². The van der Waals surface area contributed by atoms with Gasteiger partial charge in [0.2, 0.25) is 0 Å². The maximum atomic E-state index is 6.50. The Morgan fingerprint density at radius 2 is 0.830 bits per heavy atom. The van der Waals surface area contributed by atoms with Gasteiger partial charge in [0.15, 0.2) is 6.17 Å². The van der Waals surface area contributed by atoms with E-state index in [0.29, 0.717) is 0 Å². The lowest BCUT2D eigenvalue weighted by Crippen LogP contribution is -2.36. The smallest absolute Gasteiger partial charge is 0.171 e. The number of fused-ring (bicyclic) bond motifs is 4. The van der Waals surface area contributed by atoms with Gasteiger partial charge in [-0.2, -0.15) is 0 Å². The Morgan fingerprint density at radius 3 is 1.51 bits per heavy atom. The summed E-state index contributed by atoms with van der Waals surface area (Å²) in [6.07, 6.45) is -0.567. The first-order valence-corrected chi connectivity index (χ1v) is 17.9. The maximum absolute atomic E-state index is 6.50. The normalized spacial score (nSPS) is 14.2. The number of nitrogens with one attached hydrogen (secondary N) is 1. The Morgan fingerprint density at radius 1 is 0.358 bits per heavy atom. The van der Waals surface area contributed by atoms with Gasteiger partial charge in [0.1, 0.15) is 22.8 Å². The predicted molar refractivity (Wildman–Crippen MR) is 219 cm³/mol. The van der Waals surface area contributed by atoms with Crippen molar-refractivity contribution in [3.63, 3.8) is 0 Å². The average molecular weight is 680 g/mol. The fourth-order valence-electron chi connectivity index (χ4n) is 7.67. The summed E-state index contributed by atoms with van der Waals surface area (Å²) in [5, 5.41) is 8.05. The van der Waals surface area contributed by atoms with Gasteiger partial charge in [-0.25, -0.2) is 9.98 Å². The van der Waals surface area contributed by atoms with Gasteiger partial charge in [0.25, 0.3) is 0 Å². The predicted octanol–water partition coefficient (Wildman–Crippen LogP) is 12.2. The lowest BCUT2D eigenvalue weighted by Gasteiger charge is -2.25. The highest BCUT2D eigenvalue weighted by Crippen LogP contribution is 2.45. The van der Waals surface area contributed by atoms with Crippen molar-refractivity contribution in [1.29, 1.82) is 0 Å². The van der Waals surface area contributed by atoms with Crippen LogP contribution in [0, 0.1) is 0 Å². The number of rotatable bonds is 6. The molecule has 0 fully saturated rings. The van der Waals surface area contributed by atoms with E-state index in [0.717, 1.165) is 67.0 Å². The van der Waals surface area contributed by atoms with Crippen molar-refractivity contribution in [2.24, 2.45) is 9.98 Å². The zero-order chi connectivity index (χ0) is 35.1. The fraction of sp³-hybridized carbons (Fsp3) is 0.0204. The Kier molecular flexibility index (Phi) is 7.51. The molecule has 1 aliphatic rings. The van der Waals surface area contributed by atoms with Crippen molar-refractivity contribution in [2.75, 3.05) is 0 Å². The monoisotopic (exact) mass is 679 g/mol. The molecule has 0 saturated carbocycles. The molecule has 1 N–H and O–H groups in total. The van der Waals surface area contributed by atoms with Crippen LogP contribution in [0.1, 0.15) is 22.9 Å². The molecule has 4 heteroatoms. The summed E-state index contributed by atoms with van der Waals surface area (Å²) in [4.78, 5) is 10.9. The van der Waals surface area contributed by atoms with Gasteiger partial charge in [0.05, 0.1) is 0 Å². The van der Waals surface area contributed by atoms with Crippen molar-refractivity contribution >= 4 is 44.4 Å². The van der Waals surface area contributed by atoms with Crippen LogP contribution in [0.4, 0.5) is 0 Å². The molecular formula is C49H33N3O. The van der Waals surface area contributed by atoms with Crippen LogP contribution in [-0.4, -0.2) is 11.7 Å². The second-order valence-corrected chi connectivity index (χ2v) is 13.3. The third-order valence-corrected chi connectivity index (χ3v) is 10.2. The van der Waals surface area contributed by atoms with E-state index in [9.17, 15) is 0 Å². The minimum absolute atomic E-state index is 0.567. The summed E-state index contributed by atoms with van der Waals surface area (Å²) >= 11 is 0. The fourth-order valence-corrected chi connectivity index (χ4v) is 7.67. The lowest BCUT2D eigenvalue weighted by atomic mass is 9.88. The van der Waals surface area contributed by atoms with Gasteiger partial charge < -0.3 is 9.73 Å². The van der Waals surface area contributed by atoms with Gasteiger partial charge >= 0.3 is 0 Å². The number of furan rings is 1. The molecule has 0 aliphatic carbocycles. The third kappa shape index (κ3) is 5.49. The Labute approximate surface area is 307 Å². The Hall–Kier alpha value is -7.04. The number of para-hydroxylation sites is 1. The maximum Gasteiger partial charge on any atom is 0.171 e. The molecule has 250 valence electrons. The molecule has 0 amide bonds. The van der Waals surface area contributed by atoms with E-state index in [-0.39, 0.29) is 0 Å². The van der Waals surface area contributed by atoms with E-state index < -0.39 is 6.17 Å². The molecule has 8 aromatic carbocycles. The summed E-state index contributed by atoms with van der Waals surface area (Å²) in [6, 6.07) is 65.7. The Balaban J connectivity index is 1.22. The van der Waals surface area contributed by atoms with E-state index in [4.69, 9.17) is 14.4 Å². The van der Waals surface area contributed by atoms with E-state index in [2.05, 4.69) is 157 Å². The van der Waals surface area contributed by atoms with E-state index in [1.807, 2.05) is 36.4 Å². The van der Waals surface area contributed by atoms with Crippen LogP contribution >= 0.6 is 0 Å². The largest absolute Gasteiger partial charge is 0.456 e. The molecule has 9 aromatic rings. The molecule has 1 unspecified atom stereocenters. The highest BCUT2D eigenvalue weighted by Gasteiger charge is 2.28. The molecule has 0 spiro atoms. The number of aliphatic imine (C=N–C) groups is 2. The second kappa shape index (κ2) is 12.9. The zero-order valence-electron chi connectivity index (χ0n) is 28.8. The van der Waals surface area contributed by atoms with Gasteiger partial charge in [-0.15, -0.1) is 0 Å². The van der Waals surface area contributed by atoms with Gasteiger partial charge in [-0.05, 0) is 56.3 Å². The first kappa shape index (κ1) is 30.8. The van der Waals surface area contributed by atoms with Crippen LogP contribution in [0.3, 0.4) is 0 Å². The molecule has 4 nitrogen and oxygen atoms in total. The summed E-state index contributed by atoms with van der Waals surface area (Å²) < 4.78 is 6.50. The van der Waals surface area contributed by atoms with Crippen molar-refractivity contribution in [3.05, 3.63) is 205 Å². The minimum Gasteiger partial charge on any atom is -0.456 e. The standard InChI is InChI=1S/C49H33N3O/c1-4-14-32(15-5-1)33-24-26-36(27-25-33)48-50-47(35-18-8-3-9-19-35)51-49(52-48)46-41(30-31-44-45(46)42-22-12-13-23-43(42)53-44)40-29-28-37(34-16-6-2-7-17-34)38-20-10-11-21-39(38)40/h1-31,49H,(H,50,51,52). The highest BCUT2D eigenvalue weighted by molar-refractivity contribution is 6.17. The van der Waals surface area contributed by atoms with Crippen LogP contribution in [0.25, 0.3) is 66.1 Å². The van der Waals surface area contributed by atoms with Crippen LogP contribution in [0.15, 0.2) is 202 Å². The SMILES string of the molecule is c1ccc(C2=NC(c3c(-c4ccc(-c5ccccc5)c5ccccc45)ccc4oc5ccccc5c34)N=C(c3ccc(-c4ccccc4)cc3)N2)cc1. The molecule has 1 aromatic heterocycles. The first-order chi connectivity index (χ1) is 26.3. The quantitative estimate of drug-likeness (QED) is 0.190.